The molecule has 3 rings (SSSR count). The Balaban J connectivity index is 0.00000481. The van der Waals surface area contributed by atoms with Crippen LogP contribution in [0.25, 0.3) is 0 Å². The van der Waals surface area contributed by atoms with E-state index in [1.54, 1.807) is 24.3 Å². The van der Waals surface area contributed by atoms with Gasteiger partial charge < -0.3 is 9.84 Å². The van der Waals surface area contributed by atoms with Gasteiger partial charge >= 0.3 is 11.9 Å². The average Bonchev–Trinajstić information content (AvgIpc) is 2.93. The van der Waals surface area contributed by atoms with Crippen molar-refractivity contribution in [2.24, 2.45) is 0 Å². The van der Waals surface area contributed by atoms with Crippen LogP contribution < -0.4 is 10.2 Å². The number of hydrogen-bond donors (Lipinski definition) is 2. The monoisotopic (exact) mass is 465 g/mol. The van der Waals surface area contributed by atoms with Crippen molar-refractivity contribution in [3.8, 4) is 0 Å². The Morgan fingerprint density at radius 1 is 1.25 bits per heavy atom. The van der Waals surface area contributed by atoms with E-state index in [4.69, 9.17) is 6.85 Å². The lowest BCUT2D eigenvalue weighted by molar-refractivity contribution is -0.143. The second-order valence-electron chi connectivity index (χ2n) is 7.30. The van der Waals surface area contributed by atoms with E-state index in [1.165, 1.54) is 0 Å². The number of carboxylic acids is 1. The Morgan fingerprint density at radius 2 is 1.97 bits per heavy atom. The maximum Gasteiger partial charge on any atom is 0.326 e. The molecule has 0 aliphatic carbocycles. The molecule has 0 bridgehead atoms. The lowest BCUT2D eigenvalue weighted by Gasteiger charge is -2.27. The Hall–Kier alpha value is -2.90. The number of ether oxygens (including phenoxy) is 1. The van der Waals surface area contributed by atoms with Gasteiger partial charge in [-0.05, 0) is 49.7 Å². The lowest BCUT2D eigenvalue weighted by Crippen LogP contribution is -2.52. The molecule has 0 saturated carbocycles. The second-order valence-corrected chi connectivity index (χ2v) is 7.30. The van der Waals surface area contributed by atoms with Crippen molar-refractivity contribution in [1.29, 1.82) is 0 Å². The van der Waals surface area contributed by atoms with Crippen LogP contribution in [0.3, 0.4) is 0 Å². The van der Waals surface area contributed by atoms with E-state index in [1.807, 2.05) is 30.3 Å². The molecule has 2 N–H and O–H groups in total. The highest BCUT2D eigenvalue weighted by molar-refractivity contribution is 6.02. The summed E-state index contributed by atoms with van der Waals surface area (Å²) < 4.78 is 41.3. The number of carboxylic acid groups (broad SMARTS) is 1. The number of aliphatic carboxylic acids is 1. The molecular weight excluding hydrogens is 432 g/mol. The highest BCUT2D eigenvalue weighted by atomic mass is 35.5. The zero-order valence-corrected chi connectivity index (χ0v) is 18.1. The van der Waals surface area contributed by atoms with Gasteiger partial charge in [-0.25, -0.2) is 0 Å². The number of nitrogens with one attached hydrogen (secondary N) is 1. The van der Waals surface area contributed by atoms with Gasteiger partial charge in [0.2, 0.25) is 5.91 Å². The molecular formula is C24H29ClN2O5. The van der Waals surface area contributed by atoms with Crippen molar-refractivity contribution < 1.29 is 31.1 Å². The number of hydrogen-bond acceptors (Lipinski definition) is 5. The van der Waals surface area contributed by atoms with Gasteiger partial charge in [-0.15, -0.1) is 12.4 Å². The molecule has 2 atom stereocenters. The number of para-hydroxylation sites is 1. The lowest BCUT2D eigenvalue weighted by atomic mass is 10.0. The highest BCUT2D eigenvalue weighted by Crippen LogP contribution is 2.27. The molecule has 1 aliphatic rings. The van der Waals surface area contributed by atoms with Crippen molar-refractivity contribution in [2.75, 3.05) is 18.0 Å². The fourth-order valence-electron chi connectivity index (χ4n) is 3.73. The quantitative estimate of drug-likeness (QED) is 0.553. The third kappa shape index (κ3) is 6.55. The van der Waals surface area contributed by atoms with Crippen LogP contribution in [0.15, 0.2) is 54.6 Å². The number of carbonyl (C=O) groups excluding carboxylic acids is 2. The minimum atomic E-state index is -3.23. The van der Waals surface area contributed by atoms with Crippen molar-refractivity contribution >= 4 is 35.9 Å². The van der Waals surface area contributed by atoms with Crippen molar-refractivity contribution in [2.45, 2.75) is 44.6 Å². The zero-order valence-electron chi connectivity index (χ0n) is 22.3. The number of carbonyl (C=O) groups is 3. The molecule has 0 radical (unpaired) electrons. The predicted octanol–water partition coefficient (Wildman–Crippen LogP) is 2.99. The summed E-state index contributed by atoms with van der Waals surface area (Å²) in [6.45, 7) is -7.17. The number of anilines is 1. The Labute approximate surface area is 201 Å². The van der Waals surface area contributed by atoms with Crippen LogP contribution in [-0.4, -0.2) is 48.1 Å². The van der Waals surface area contributed by atoms with E-state index >= 15 is 0 Å². The van der Waals surface area contributed by atoms with Crippen molar-refractivity contribution in [1.82, 2.24) is 5.32 Å². The first-order chi connectivity index (χ1) is 16.9. The van der Waals surface area contributed by atoms with Crippen molar-refractivity contribution in [3.63, 3.8) is 0 Å². The number of benzene rings is 2. The Bertz CT molecular complexity index is 1100. The Morgan fingerprint density at radius 3 is 2.69 bits per heavy atom. The number of fused-ring (bicyclic) bond motifs is 1. The van der Waals surface area contributed by atoms with Gasteiger partial charge in [-0.3, -0.25) is 24.6 Å². The molecule has 2 aromatic rings. The number of nitrogens with zero attached hydrogens (tertiary/aromatic N) is 1. The van der Waals surface area contributed by atoms with E-state index in [9.17, 15) is 19.5 Å². The molecule has 7 nitrogen and oxygen atoms in total. The molecule has 1 aliphatic heterocycles. The van der Waals surface area contributed by atoms with Crippen LogP contribution in [0.5, 0.6) is 0 Å². The summed E-state index contributed by atoms with van der Waals surface area (Å²) in [6, 6.07) is 14.2. The normalized spacial score (nSPS) is 19.5. The first-order valence-corrected chi connectivity index (χ1v) is 10.0. The smallest absolute Gasteiger partial charge is 0.326 e. The van der Waals surface area contributed by atoms with Gasteiger partial charge in [0.1, 0.15) is 12.6 Å². The predicted molar refractivity (Wildman–Crippen MR) is 124 cm³/mol. The molecule has 0 saturated heterocycles. The second kappa shape index (κ2) is 12.2. The van der Waals surface area contributed by atoms with Gasteiger partial charge in [0.25, 0.3) is 0 Å². The highest BCUT2D eigenvalue weighted by Gasteiger charge is 2.34. The molecule has 32 heavy (non-hydrogen) atoms. The molecule has 0 spiro atoms. The fourth-order valence-corrected chi connectivity index (χ4v) is 3.73. The molecule has 0 fully saturated rings. The van der Waals surface area contributed by atoms with Gasteiger partial charge in [0.15, 0.2) is 0 Å². The third-order valence-electron chi connectivity index (χ3n) is 5.27. The average molecular weight is 466 g/mol. The number of rotatable bonds is 9. The molecule has 0 unspecified atom stereocenters. The molecule has 8 heteroatoms. The first kappa shape index (κ1) is 18.7. The summed E-state index contributed by atoms with van der Waals surface area (Å²) in [4.78, 5) is 39.1. The van der Waals surface area contributed by atoms with Crippen LogP contribution in [0, 0.1) is 0 Å². The Kier molecular flexibility index (Phi) is 7.12. The minimum absolute atomic E-state index is 0. The molecule has 0 aromatic heterocycles. The fraction of sp³-hybridized carbons (Fsp3) is 0.375. The third-order valence-corrected chi connectivity index (χ3v) is 5.27. The van der Waals surface area contributed by atoms with Gasteiger partial charge in [0, 0.05) is 9.80 Å². The van der Waals surface area contributed by atoms with Gasteiger partial charge in [-0.2, -0.15) is 0 Å². The molecule has 1 amide bonds. The largest absolute Gasteiger partial charge is 0.480 e. The van der Waals surface area contributed by atoms with Crippen LogP contribution in [0.4, 0.5) is 5.69 Å². The van der Waals surface area contributed by atoms with Crippen LogP contribution >= 0.6 is 12.4 Å². The number of aryl methyl sites for hydroxylation is 2. The molecule has 1 heterocycles. The molecule has 172 valence electrons. The number of esters is 1. The summed E-state index contributed by atoms with van der Waals surface area (Å²) >= 11 is 0. The van der Waals surface area contributed by atoms with E-state index < -0.39 is 49.9 Å². The SMILES string of the molecule is Cl.[2H]C([2H])([2H])C([2H])([2H])OC(=O)CN1C(=O)[C@@H](N[C@@H](CCc2ccccc2)C(=O)O)CCc2ccccc21. The summed E-state index contributed by atoms with van der Waals surface area (Å²) in [5, 5.41) is 12.7. The summed E-state index contributed by atoms with van der Waals surface area (Å²) in [6.07, 6.45) is 1.40. The minimum Gasteiger partial charge on any atom is -0.480 e. The summed E-state index contributed by atoms with van der Waals surface area (Å²) in [5.41, 5.74) is 2.09. The summed E-state index contributed by atoms with van der Waals surface area (Å²) in [7, 11) is 0. The molecule has 2 aromatic carbocycles. The van der Waals surface area contributed by atoms with E-state index in [-0.39, 0.29) is 25.2 Å². The summed E-state index contributed by atoms with van der Waals surface area (Å²) in [5.74, 6) is -2.94. The maximum atomic E-state index is 13.5. The van der Waals surface area contributed by atoms with Crippen LogP contribution in [-0.2, 0) is 32.0 Å². The standard InChI is InChI=1S/C24H28N2O5.ClH/c1-2-31-22(27)16-26-21-11-7-6-10-18(21)13-15-19(23(26)28)25-20(24(29)30)14-12-17-8-4-3-5-9-17;/h3-11,19-20,25H,2,12-16H2,1H3,(H,29,30);1H/t19-,20-;/m0./s1/i1D3,2D2;. The van der Waals surface area contributed by atoms with Crippen molar-refractivity contribution in [3.05, 3.63) is 65.7 Å². The van der Waals surface area contributed by atoms with E-state index in [2.05, 4.69) is 10.1 Å². The van der Waals surface area contributed by atoms with Gasteiger partial charge in [0.05, 0.1) is 15.3 Å². The number of amides is 1. The number of halogens is 1. The topological polar surface area (TPSA) is 95.9 Å². The maximum absolute atomic E-state index is 13.5. The van der Waals surface area contributed by atoms with E-state index in [0.717, 1.165) is 16.0 Å². The van der Waals surface area contributed by atoms with E-state index in [0.29, 0.717) is 18.5 Å². The van der Waals surface area contributed by atoms with Crippen LogP contribution in [0.1, 0.15) is 37.7 Å². The zero-order chi connectivity index (χ0) is 26.5. The van der Waals surface area contributed by atoms with Crippen LogP contribution in [0.2, 0.25) is 0 Å². The van der Waals surface area contributed by atoms with Gasteiger partial charge in [-0.1, -0.05) is 48.5 Å². The first-order valence-electron chi connectivity index (χ1n) is 12.5.